The van der Waals surface area contributed by atoms with Gasteiger partial charge in [-0.25, -0.2) is 4.79 Å². The molecule has 0 saturated heterocycles. The van der Waals surface area contributed by atoms with Gasteiger partial charge in [0.15, 0.2) is 0 Å². The molecule has 0 heterocycles. The van der Waals surface area contributed by atoms with Gasteiger partial charge in [-0.05, 0) is 37.5 Å². The molecule has 2 nitrogen and oxygen atoms in total. The Balaban J connectivity index is 2.51. The highest BCUT2D eigenvalue weighted by Gasteiger charge is 2.05. The van der Waals surface area contributed by atoms with Gasteiger partial charge < -0.3 is 4.74 Å². The highest BCUT2D eigenvalue weighted by atomic mass is 16.5. The number of hydrogen-bond donors (Lipinski definition) is 0. The van der Waals surface area contributed by atoms with E-state index in [1.54, 1.807) is 13.0 Å². The van der Waals surface area contributed by atoms with Crippen molar-refractivity contribution in [1.29, 1.82) is 0 Å². The molecule has 0 N–H and O–H groups in total. The summed E-state index contributed by atoms with van der Waals surface area (Å²) in [5, 5.41) is 0. The van der Waals surface area contributed by atoms with Crippen molar-refractivity contribution in [2.24, 2.45) is 0 Å². The Morgan fingerprint density at radius 3 is 2.72 bits per heavy atom. The van der Waals surface area contributed by atoms with Gasteiger partial charge in [0.2, 0.25) is 0 Å². The van der Waals surface area contributed by atoms with Crippen LogP contribution in [0.15, 0.2) is 36.4 Å². The highest BCUT2D eigenvalue weighted by molar-refractivity contribution is 5.88. The molecule has 1 aromatic carbocycles. The molecule has 0 saturated carbocycles. The number of aryl methyl sites for hydroxylation is 1. The quantitative estimate of drug-likeness (QED) is 0.310. The average molecular weight is 246 g/mol. The van der Waals surface area contributed by atoms with E-state index in [1.165, 1.54) is 31.2 Å². The van der Waals surface area contributed by atoms with E-state index >= 15 is 0 Å². The fourth-order valence-electron chi connectivity index (χ4n) is 1.71. The predicted molar refractivity (Wildman–Crippen MR) is 74.7 cm³/mol. The lowest BCUT2D eigenvalue weighted by molar-refractivity contribution is -0.130. The summed E-state index contributed by atoms with van der Waals surface area (Å²) in [6.45, 7) is 7.42. The van der Waals surface area contributed by atoms with Crippen LogP contribution in [0, 0.1) is 0 Å². The van der Waals surface area contributed by atoms with Gasteiger partial charge in [-0.2, -0.15) is 0 Å². The number of benzene rings is 1. The molecule has 0 aliphatic carbocycles. The van der Waals surface area contributed by atoms with E-state index < -0.39 is 0 Å². The number of unbranched alkanes of at least 4 members (excludes halogenated alkanes) is 3. The van der Waals surface area contributed by atoms with Crippen LogP contribution in [0.1, 0.15) is 45.1 Å². The molecule has 0 fully saturated rings. The summed E-state index contributed by atoms with van der Waals surface area (Å²) in [6.07, 6.45) is 6.01. The first kappa shape index (κ1) is 14.5. The van der Waals surface area contributed by atoms with Crippen LogP contribution in [0.5, 0.6) is 5.75 Å². The molecule has 98 valence electrons. The van der Waals surface area contributed by atoms with Gasteiger partial charge >= 0.3 is 5.97 Å². The van der Waals surface area contributed by atoms with Crippen LogP contribution in [0.25, 0.3) is 0 Å². The maximum absolute atomic E-state index is 11.4. The lowest BCUT2D eigenvalue weighted by Crippen LogP contribution is -2.08. The number of carbonyl (C=O) groups is 1. The Bertz CT molecular complexity index is 407. The minimum absolute atomic E-state index is 0.363. The average Bonchev–Trinajstić information content (AvgIpc) is 2.35. The van der Waals surface area contributed by atoms with E-state index in [4.69, 9.17) is 4.74 Å². The Morgan fingerprint density at radius 1 is 1.28 bits per heavy atom. The minimum atomic E-state index is -0.363. The molecule has 0 amide bonds. The Hall–Kier alpha value is -1.57. The third-order valence-electron chi connectivity index (χ3n) is 2.78. The summed E-state index contributed by atoms with van der Waals surface area (Å²) < 4.78 is 5.21. The van der Waals surface area contributed by atoms with Crippen LogP contribution in [0.3, 0.4) is 0 Å². The first-order valence-corrected chi connectivity index (χ1v) is 6.60. The Labute approximate surface area is 110 Å². The summed E-state index contributed by atoms with van der Waals surface area (Å²) in [5.41, 5.74) is 1.64. The fraction of sp³-hybridized carbons (Fsp3) is 0.438. The van der Waals surface area contributed by atoms with Gasteiger partial charge in [-0.15, -0.1) is 0 Å². The SMILES string of the molecule is C=C(C)C(=O)Oc1cccc(CCCCCC)c1. The van der Waals surface area contributed by atoms with Gasteiger partial charge in [0, 0.05) is 5.57 Å². The molecule has 1 rings (SSSR count). The fourth-order valence-corrected chi connectivity index (χ4v) is 1.71. The van der Waals surface area contributed by atoms with Crippen LogP contribution < -0.4 is 4.74 Å². The van der Waals surface area contributed by atoms with Gasteiger partial charge in [0.05, 0.1) is 0 Å². The van der Waals surface area contributed by atoms with Crippen molar-refractivity contribution in [3.05, 3.63) is 42.0 Å². The van der Waals surface area contributed by atoms with Crippen molar-refractivity contribution < 1.29 is 9.53 Å². The largest absolute Gasteiger partial charge is 0.423 e. The topological polar surface area (TPSA) is 26.3 Å². The molecule has 0 aliphatic rings. The van der Waals surface area contributed by atoms with Crippen molar-refractivity contribution in [2.75, 3.05) is 0 Å². The van der Waals surface area contributed by atoms with Crippen LogP contribution >= 0.6 is 0 Å². The second-order valence-electron chi connectivity index (χ2n) is 4.63. The van der Waals surface area contributed by atoms with E-state index in [-0.39, 0.29) is 5.97 Å². The third-order valence-corrected chi connectivity index (χ3v) is 2.78. The summed E-state index contributed by atoms with van der Waals surface area (Å²) >= 11 is 0. The molecule has 0 spiro atoms. The van der Waals surface area contributed by atoms with E-state index in [0.717, 1.165) is 6.42 Å². The van der Waals surface area contributed by atoms with E-state index in [1.807, 2.05) is 12.1 Å². The lowest BCUT2D eigenvalue weighted by atomic mass is 10.1. The van der Waals surface area contributed by atoms with Crippen molar-refractivity contribution in [1.82, 2.24) is 0 Å². The van der Waals surface area contributed by atoms with Crippen LogP contribution in [-0.4, -0.2) is 5.97 Å². The summed E-state index contributed by atoms with van der Waals surface area (Å²) in [5.74, 6) is 0.245. The third kappa shape index (κ3) is 5.17. The Morgan fingerprint density at radius 2 is 2.06 bits per heavy atom. The highest BCUT2D eigenvalue weighted by Crippen LogP contribution is 2.16. The van der Waals surface area contributed by atoms with Crippen molar-refractivity contribution in [3.8, 4) is 5.75 Å². The van der Waals surface area contributed by atoms with Crippen LogP contribution in [0.2, 0.25) is 0 Å². The second-order valence-corrected chi connectivity index (χ2v) is 4.63. The van der Waals surface area contributed by atoms with E-state index in [2.05, 4.69) is 19.6 Å². The molecule has 0 radical (unpaired) electrons. The molecule has 18 heavy (non-hydrogen) atoms. The monoisotopic (exact) mass is 246 g/mol. The maximum atomic E-state index is 11.4. The van der Waals surface area contributed by atoms with Crippen molar-refractivity contribution >= 4 is 5.97 Å². The second kappa shape index (κ2) is 7.70. The molecule has 0 unspecified atom stereocenters. The normalized spacial score (nSPS) is 10.1. The predicted octanol–water partition coefficient (Wildman–Crippen LogP) is 4.29. The first-order valence-electron chi connectivity index (χ1n) is 6.60. The lowest BCUT2D eigenvalue weighted by Gasteiger charge is -2.06. The Kier molecular flexibility index (Phi) is 6.20. The molecule has 0 bridgehead atoms. The number of ether oxygens (including phenoxy) is 1. The summed E-state index contributed by atoms with van der Waals surface area (Å²) in [6, 6.07) is 7.74. The number of carbonyl (C=O) groups excluding carboxylic acids is 1. The maximum Gasteiger partial charge on any atom is 0.338 e. The number of rotatable bonds is 7. The molecule has 2 heteroatoms. The molecule has 0 aliphatic heterocycles. The molecule has 0 atom stereocenters. The van der Waals surface area contributed by atoms with Crippen molar-refractivity contribution in [3.63, 3.8) is 0 Å². The van der Waals surface area contributed by atoms with Gasteiger partial charge in [-0.3, -0.25) is 0 Å². The van der Waals surface area contributed by atoms with Gasteiger partial charge in [0.1, 0.15) is 5.75 Å². The smallest absolute Gasteiger partial charge is 0.338 e. The van der Waals surface area contributed by atoms with Crippen LogP contribution in [0.4, 0.5) is 0 Å². The number of hydrogen-bond acceptors (Lipinski definition) is 2. The van der Waals surface area contributed by atoms with E-state index in [9.17, 15) is 4.79 Å². The zero-order valence-corrected chi connectivity index (χ0v) is 11.4. The zero-order valence-electron chi connectivity index (χ0n) is 11.4. The van der Waals surface area contributed by atoms with Crippen molar-refractivity contribution in [2.45, 2.75) is 46.0 Å². The summed E-state index contributed by atoms with van der Waals surface area (Å²) in [7, 11) is 0. The minimum Gasteiger partial charge on any atom is -0.423 e. The number of esters is 1. The standard InChI is InChI=1S/C16H22O2/c1-4-5-6-7-9-14-10-8-11-15(12-14)18-16(17)13(2)3/h8,10-12H,2,4-7,9H2,1,3H3. The summed E-state index contributed by atoms with van der Waals surface area (Å²) in [4.78, 5) is 11.4. The van der Waals surface area contributed by atoms with Crippen LogP contribution in [-0.2, 0) is 11.2 Å². The zero-order chi connectivity index (χ0) is 13.4. The first-order chi connectivity index (χ1) is 8.63. The van der Waals surface area contributed by atoms with Gasteiger partial charge in [-0.1, -0.05) is 44.9 Å². The van der Waals surface area contributed by atoms with E-state index in [0.29, 0.717) is 11.3 Å². The van der Waals surface area contributed by atoms with Gasteiger partial charge in [0.25, 0.3) is 0 Å². The molecular weight excluding hydrogens is 224 g/mol. The molecular formula is C16H22O2. The molecule has 0 aromatic heterocycles. The molecule has 1 aromatic rings.